The topological polar surface area (TPSA) is 17.1 Å². The van der Waals surface area contributed by atoms with Crippen molar-refractivity contribution in [3.63, 3.8) is 0 Å². The molecule has 0 amide bonds. The average molecular weight is 330 g/mol. The summed E-state index contributed by atoms with van der Waals surface area (Å²) in [5, 5.41) is 2.72. The second-order valence-electron chi connectivity index (χ2n) is 8.83. The standard InChI is InChI=1S/C24H26O/c1-15(2)10-17-4-3-5-18-12-19-7-9-23(25)24(22(19)13-21(17)18)14-16-6-8-20(24)11-16/h3-6,8,12-13,15-16,20H,7,9-11,14H2,1-2H3. The van der Waals surface area contributed by atoms with Crippen LogP contribution in [0.15, 0.2) is 42.5 Å². The lowest BCUT2D eigenvalue weighted by Gasteiger charge is -2.40. The Morgan fingerprint density at radius 2 is 2.04 bits per heavy atom. The maximum atomic E-state index is 13.1. The van der Waals surface area contributed by atoms with Gasteiger partial charge in [-0.1, -0.05) is 50.3 Å². The molecule has 0 radical (unpaired) electrons. The minimum Gasteiger partial charge on any atom is -0.299 e. The molecule has 2 aromatic rings. The highest BCUT2D eigenvalue weighted by Crippen LogP contribution is 2.57. The molecule has 0 N–H and O–H groups in total. The Morgan fingerprint density at radius 3 is 2.76 bits per heavy atom. The molecule has 1 nitrogen and oxygen atoms in total. The van der Waals surface area contributed by atoms with Crippen LogP contribution in [0.5, 0.6) is 0 Å². The first-order chi connectivity index (χ1) is 12.1. The summed E-state index contributed by atoms with van der Waals surface area (Å²) in [4.78, 5) is 13.1. The zero-order valence-electron chi connectivity index (χ0n) is 15.2. The van der Waals surface area contributed by atoms with Crippen molar-refractivity contribution < 1.29 is 4.79 Å². The summed E-state index contributed by atoms with van der Waals surface area (Å²) in [6, 6.07) is 11.5. The predicted octanol–water partition coefficient (Wildman–Crippen LogP) is 5.39. The second kappa shape index (κ2) is 5.30. The fraction of sp³-hybridized carbons (Fsp3) is 0.458. The smallest absolute Gasteiger partial charge is 0.144 e. The van der Waals surface area contributed by atoms with Crippen molar-refractivity contribution >= 4 is 16.6 Å². The van der Waals surface area contributed by atoms with E-state index >= 15 is 0 Å². The van der Waals surface area contributed by atoms with E-state index in [9.17, 15) is 4.79 Å². The van der Waals surface area contributed by atoms with Gasteiger partial charge in [-0.05, 0) is 77.0 Å². The first kappa shape index (κ1) is 15.4. The number of fused-ring (bicyclic) bond motifs is 6. The van der Waals surface area contributed by atoms with Gasteiger partial charge >= 0.3 is 0 Å². The van der Waals surface area contributed by atoms with E-state index in [1.165, 1.54) is 33.9 Å². The molecule has 2 aromatic carbocycles. The van der Waals surface area contributed by atoms with E-state index in [0.717, 1.165) is 25.7 Å². The summed E-state index contributed by atoms with van der Waals surface area (Å²) in [6.07, 6.45) is 9.65. The van der Waals surface area contributed by atoms with Crippen LogP contribution in [0.1, 0.15) is 49.8 Å². The van der Waals surface area contributed by atoms with Crippen LogP contribution in [0.4, 0.5) is 0 Å². The molecule has 3 aliphatic carbocycles. The highest BCUT2D eigenvalue weighted by atomic mass is 16.1. The molecule has 3 aliphatic rings. The molecular formula is C24H26O. The summed E-state index contributed by atoms with van der Waals surface area (Å²) >= 11 is 0. The van der Waals surface area contributed by atoms with Crippen LogP contribution in [-0.4, -0.2) is 5.78 Å². The van der Waals surface area contributed by atoms with Crippen molar-refractivity contribution in [2.45, 2.75) is 51.4 Å². The molecule has 1 saturated carbocycles. The number of benzene rings is 2. The van der Waals surface area contributed by atoms with Crippen LogP contribution in [0, 0.1) is 17.8 Å². The molecular weight excluding hydrogens is 304 g/mol. The molecule has 5 rings (SSSR count). The summed E-state index contributed by atoms with van der Waals surface area (Å²) < 4.78 is 0. The average Bonchev–Trinajstić information content (AvgIpc) is 3.19. The minimum atomic E-state index is -0.216. The lowest BCUT2D eigenvalue weighted by molar-refractivity contribution is -0.126. The molecule has 2 bridgehead atoms. The molecule has 3 atom stereocenters. The van der Waals surface area contributed by atoms with Crippen molar-refractivity contribution in [1.29, 1.82) is 0 Å². The zero-order chi connectivity index (χ0) is 17.2. The van der Waals surface area contributed by atoms with Crippen molar-refractivity contribution in [3.8, 4) is 0 Å². The summed E-state index contributed by atoms with van der Waals surface area (Å²) in [5.41, 5.74) is 4.01. The SMILES string of the molecule is CC(C)Cc1cccc2cc3c(cc12)C1(CC2C=CC1C2)C(=O)CC3. The number of aryl methyl sites for hydroxylation is 1. The van der Waals surface area contributed by atoms with Gasteiger partial charge in [0.05, 0.1) is 5.41 Å². The largest absolute Gasteiger partial charge is 0.299 e. The second-order valence-corrected chi connectivity index (χ2v) is 8.83. The Bertz CT molecular complexity index is 904. The Morgan fingerprint density at radius 1 is 1.16 bits per heavy atom. The third-order valence-corrected chi connectivity index (χ3v) is 6.81. The molecule has 0 aromatic heterocycles. The molecule has 1 spiro atoms. The molecule has 3 unspecified atom stereocenters. The van der Waals surface area contributed by atoms with Crippen LogP contribution in [0.2, 0.25) is 0 Å². The van der Waals surface area contributed by atoms with Crippen molar-refractivity contribution in [1.82, 2.24) is 0 Å². The number of carbonyl (C=O) groups is 1. The molecule has 1 fully saturated rings. The van der Waals surface area contributed by atoms with Crippen molar-refractivity contribution in [2.24, 2.45) is 17.8 Å². The fourth-order valence-corrected chi connectivity index (χ4v) is 5.79. The maximum absolute atomic E-state index is 13.1. The molecule has 0 saturated heterocycles. The lowest BCUT2D eigenvalue weighted by atomic mass is 9.62. The van der Waals surface area contributed by atoms with Gasteiger partial charge in [0.1, 0.15) is 5.78 Å². The Hall–Kier alpha value is -1.89. The number of hydrogen-bond acceptors (Lipinski definition) is 1. The third-order valence-electron chi connectivity index (χ3n) is 6.81. The van der Waals surface area contributed by atoms with Crippen LogP contribution < -0.4 is 0 Å². The van der Waals surface area contributed by atoms with Crippen LogP contribution in [-0.2, 0) is 23.1 Å². The van der Waals surface area contributed by atoms with Crippen molar-refractivity contribution in [3.05, 3.63) is 59.2 Å². The Kier molecular flexibility index (Phi) is 3.26. The van der Waals surface area contributed by atoms with Gasteiger partial charge in [-0.3, -0.25) is 4.79 Å². The lowest BCUT2D eigenvalue weighted by Crippen LogP contribution is -2.43. The monoisotopic (exact) mass is 330 g/mol. The van der Waals surface area contributed by atoms with Gasteiger partial charge in [0, 0.05) is 6.42 Å². The first-order valence-electron chi connectivity index (χ1n) is 9.84. The summed E-state index contributed by atoms with van der Waals surface area (Å²) in [5.74, 6) is 2.18. The summed E-state index contributed by atoms with van der Waals surface area (Å²) in [7, 11) is 0. The predicted molar refractivity (Wildman–Crippen MR) is 103 cm³/mol. The maximum Gasteiger partial charge on any atom is 0.144 e. The van der Waals surface area contributed by atoms with E-state index in [-0.39, 0.29) is 5.41 Å². The van der Waals surface area contributed by atoms with Gasteiger partial charge in [0.15, 0.2) is 0 Å². The third kappa shape index (κ3) is 2.11. The summed E-state index contributed by atoms with van der Waals surface area (Å²) in [6.45, 7) is 4.56. The molecule has 1 heteroatoms. The Labute approximate surface area is 150 Å². The number of ketones is 1. The number of carbonyl (C=O) groups excluding carboxylic acids is 1. The van der Waals surface area contributed by atoms with E-state index in [1.54, 1.807) is 0 Å². The van der Waals surface area contributed by atoms with Crippen molar-refractivity contribution in [2.75, 3.05) is 0 Å². The quantitative estimate of drug-likeness (QED) is 0.675. The van der Waals surface area contributed by atoms with E-state index in [0.29, 0.717) is 23.5 Å². The van der Waals surface area contributed by atoms with Crippen LogP contribution >= 0.6 is 0 Å². The van der Waals surface area contributed by atoms with Gasteiger partial charge in [-0.15, -0.1) is 0 Å². The number of hydrogen-bond donors (Lipinski definition) is 0. The van der Waals surface area contributed by atoms with Crippen LogP contribution in [0.25, 0.3) is 10.8 Å². The van der Waals surface area contributed by atoms with Gasteiger partial charge in [-0.2, -0.15) is 0 Å². The molecule has 0 heterocycles. The zero-order valence-corrected chi connectivity index (χ0v) is 15.2. The van der Waals surface area contributed by atoms with Gasteiger partial charge < -0.3 is 0 Å². The first-order valence-corrected chi connectivity index (χ1v) is 9.84. The normalized spacial score (nSPS) is 30.0. The number of allylic oxidation sites excluding steroid dienone is 2. The fourth-order valence-electron chi connectivity index (χ4n) is 5.79. The van der Waals surface area contributed by atoms with E-state index in [1.807, 2.05) is 0 Å². The van der Waals surface area contributed by atoms with E-state index in [4.69, 9.17) is 0 Å². The highest BCUT2D eigenvalue weighted by molar-refractivity contribution is 5.97. The number of Topliss-reactive ketones (excluding diaryl/α,β-unsaturated/α-hetero) is 1. The molecule has 0 aliphatic heterocycles. The number of rotatable bonds is 2. The van der Waals surface area contributed by atoms with Crippen LogP contribution in [0.3, 0.4) is 0 Å². The van der Waals surface area contributed by atoms with E-state index < -0.39 is 0 Å². The Balaban J connectivity index is 1.75. The van der Waals surface area contributed by atoms with Gasteiger partial charge in [0.2, 0.25) is 0 Å². The molecule has 25 heavy (non-hydrogen) atoms. The minimum absolute atomic E-state index is 0.216. The highest BCUT2D eigenvalue weighted by Gasteiger charge is 2.55. The van der Waals surface area contributed by atoms with Gasteiger partial charge in [-0.25, -0.2) is 0 Å². The van der Waals surface area contributed by atoms with E-state index in [2.05, 4.69) is 56.3 Å². The van der Waals surface area contributed by atoms with Gasteiger partial charge in [0.25, 0.3) is 0 Å². The molecule has 128 valence electrons.